The van der Waals surface area contributed by atoms with Crippen LogP contribution in [0.25, 0.3) is 0 Å². The summed E-state index contributed by atoms with van der Waals surface area (Å²) in [7, 11) is 0. The Morgan fingerprint density at radius 1 is 1.43 bits per heavy atom. The van der Waals surface area contributed by atoms with Crippen molar-refractivity contribution in [3.8, 4) is 0 Å². The molecule has 1 N–H and O–H groups in total. The van der Waals surface area contributed by atoms with E-state index in [2.05, 4.69) is 10.4 Å². The van der Waals surface area contributed by atoms with Crippen molar-refractivity contribution in [1.82, 2.24) is 15.1 Å². The maximum Gasteiger partial charge on any atom is 0.408 e. The van der Waals surface area contributed by atoms with Crippen LogP contribution in [0.3, 0.4) is 0 Å². The fourth-order valence-electron chi connectivity index (χ4n) is 2.97. The summed E-state index contributed by atoms with van der Waals surface area (Å²) < 4.78 is 38.7. The van der Waals surface area contributed by atoms with Crippen LogP contribution in [-0.2, 0) is 6.54 Å². The van der Waals surface area contributed by atoms with Gasteiger partial charge in [0.15, 0.2) is 0 Å². The summed E-state index contributed by atoms with van der Waals surface area (Å²) in [6, 6.07) is 0.458. The minimum Gasteiger partial charge on any atom is -0.306 e. The monoisotopic (exact) mass is 321 g/mol. The molecule has 0 radical (unpaired) electrons. The van der Waals surface area contributed by atoms with Gasteiger partial charge in [0.05, 0.1) is 5.69 Å². The molecule has 1 aliphatic rings. The third-order valence-corrected chi connectivity index (χ3v) is 5.06. The molecule has 1 aromatic rings. The van der Waals surface area contributed by atoms with Crippen LogP contribution >= 0.6 is 11.8 Å². The predicted octanol–water partition coefficient (Wildman–Crippen LogP) is 3.61. The van der Waals surface area contributed by atoms with Crippen LogP contribution in [0.5, 0.6) is 0 Å². The number of rotatable bonds is 4. The highest BCUT2D eigenvalue weighted by Gasteiger charge is 2.31. The van der Waals surface area contributed by atoms with Gasteiger partial charge in [-0.2, -0.15) is 30.0 Å². The van der Waals surface area contributed by atoms with Gasteiger partial charge in [0.2, 0.25) is 0 Å². The maximum atomic E-state index is 12.6. The molecule has 0 saturated carbocycles. The van der Waals surface area contributed by atoms with Crippen LogP contribution in [0.15, 0.2) is 0 Å². The Bertz CT molecular complexity index is 479. The van der Waals surface area contributed by atoms with Gasteiger partial charge in [-0.15, -0.1) is 0 Å². The van der Waals surface area contributed by atoms with Gasteiger partial charge < -0.3 is 5.32 Å². The Hall–Kier alpha value is -0.690. The molecular formula is C14H22F3N3S. The topological polar surface area (TPSA) is 29.9 Å². The zero-order valence-corrected chi connectivity index (χ0v) is 13.4. The second kappa shape index (κ2) is 6.60. The third-order valence-electron chi connectivity index (χ3n) is 3.85. The van der Waals surface area contributed by atoms with E-state index in [4.69, 9.17) is 0 Å². The zero-order chi connectivity index (χ0) is 15.6. The highest BCUT2D eigenvalue weighted by molar-refractivity contribution is 7.99. The molecule has 2 rings (SSSR count). The smallest absolute Gasteiger partial charge is 0.306 e. The number of thioether (sulfide) groups is 1. The fourth-order valence-corrected chi connectivity index (χ4v) is 4.06. The number of aromatic nitrogens is 2. The summed E-state index contributed by atoms with van der Waals surface area (Å²) in [5.41, 5.74) is 2.18. The van der Waals surface area contributed by atoms with Crippen LogP contribution in [0.4, 0.5) is 13.2 Å². The second-order valence-electron chi connectivity index (χ2n) is 5.66. The molecule has 1 aromatic heterocycles. The lowest BCUT2D eigenvalue weighted by Crippen LogP contribution is -2.36. The van der Waals surface area contributed by atoms with E-state index in [0.717, 1.165) is 22.4 Å². The molecule has 120 valence electrons. The lowest BCUT2D eigenvalue weighted by atomic mass is 10.0. The summed E-state index contributed by atoms with van der Waals surface area (Å²) >= 11 is 1.93. The molecule has 1 aliphatic heterocycles. The Labute approximate surface area is 127 Å². The molecule has 0 bridgehead atoms. The van der Waals surface area contributed by atoms with E-state index in [1.165, 1.54) is 12.2 Å². The number of hydrogen-bond acceptors (Lipinski definition) is 3. The normalized spacial score (nSPS) is 21.5. The molecule has 2 atom stereocenters. The molecule has 1 fully saturated rings. The number of nitrogens with one attached hydrogen (secondary N) is 1. The van der Waals surface area contributed by atoms with E-state index in [-0.39, 0.29) is 6.04 Å². The van der Waals surface area contributed by atoms with Gasteiger partial charge in [0.1, 0.15) is 6.54 Å². The van der Waals surface area contributed by atoms with Gasteiger partial charge >= 0.3 is 6.18 Å². The number of alkyl halides is 3. The van der Waals surface area contributed by atoms with Gasteiger partial charge in [-0.05, 0) is 39.4 Å². The van der Waals surface area contributed by atoms with Gasteiger partial charge in [0, 0.05) is 29.1 Å². The Morgan fingerprint density at radius 3 is 2.71 bits per heavy atom. The highest BCUT2D eigenvalue weighted by Crippen LogP contribution is 2.26. The molecule has 0 spiro atoms. The molecule has 2 heterocycles. The summed E-state index contributed by atoms with van der Waals surface area (Å²) in [5.74, 6) is 2.27. The molecule has 3 nitrogen and oxygen atoms in total. The standard InChI is InChI=1S/C14H22F3N3S/c1-9(18-12-5-4-6-21-7-12)13-10(2)19-20(11(13)3)8-14(15,16)17/h9,12,18H,4-8H2,1-3H3/t9-,12+/m1/s1. The fraction of sp³-hybridized carbons (Fsp3) is 0.786. The van der Waals surface area contributed by atoms with E-state index in [1.807, 2.05) is 18.7 Å². The molecule has 0 amide bonds. The molecule has 0 unspecified atom stereocenters. The van der Waals surface area contributed by atoms with Gasteiger partial charge in [-0.3, -0.25) is 4.68 Å². The summed E-state index contributed by atoms with van der Waals surface area (Å²) in [6.45, 7) is 4.48. The second-order valence-corrected chi connectivity index (χ2v) is 6.81. The number of halogens is 3. The van der Waals surface area contributed by atoms with Crippen molar-refractivity contribution >= 4 is 11.8 Å². The SMILES string of the molecule is Cc1nn(CC(F)(F)F)c(C)c1[C@@H](C)N[C@H]1CCCSC1. The van der Waals surface area contributed by atoms with Gasteiger partial charge in [0.25, 0.3) is 0 Å². The van der Waals surface area contributed by atoms with Crippen LogP contribution in [0, 0.1) is 13.8 Å². The minimum absolute atomic E-state index is 0.0238. The first-order valence-electron chi connectivity index (χ1n) is 7.22. The first-order valence-corrected chi connectivity index (χ1v) is 8.38. The summed E-state index contributed by atoms with van der Waals surface area (Å²) in [6.07, 6.45) is -1.91. The Morgan fingerprint density at radius 2 is 2.14 bits per heavy atom. The van der Waals surface area contributed by atoms with Crippen LogP contribution in [0.1, 0.15) is 42.8 Å². The van der Waals surface area contributed by atoms with Crippen molar-refractivity contribution in [2.24, 2.45) is 0 Å². The predicted molar refractivity (Wildman–Crippen MR) is 79.7 cm³/mol. The average Bonchev–Trinajstić information content (AvgIpc) is 2.63. The lowest BCUT2D eigenvalue weighted by Gasteiger charge is -2.26. The molecule has 0 aliphatic carbocycles. The molecule has 0 aromatic carbocycles. The molecular weight excluding hydrogens is 299 g/mol. The van der Waals surface area contributed by atoms with Crippen molar-refractivity contribution in [2.75, 3.05) is 11.5 Å². The third kappa shape index (κ3) is 4.39. The summed E-state index contributed by atoms with van der Waals surface area (Å²) in [4.78, 5) is 0. The van der Waals surface area contributed by atoms with Crippen LogP contribution < -0.4 is 5.32 Å². The van der Waals surface area contributed by atoms with Crippen molar-refractivity contribution in [3.05, 3.63) is 17.0 Å². The quantitative estimate of drug-likeness (QED) is 0.919. The minimum atomic E-state index is -4.24. The first-order chi connectivity index (χ1) is 9.78. The Kier molecular flexibility index (Phi) is 5.24. The zero-order valence-electron chi connectivity index (χ0n) is 12.6. The van der Waals surface area contributed by atoms with Gasteiger partial charge in [-0.25, -0.2) is 0 Å². The lowest BCUT2D eigenvalue weighted by molar-refractivity contribution is -0.142. The number of nitrogens with zero attached hydrogens (tertiary/aromatic N) is 2. The number of hydrogen-bond donors (Lipinski definition) is 1. The molecule has 7 heteroatoms. The van der Waals surface area contributed by atoms with Crippen LogP contribution in [-0.4, -0.2) is 33.5 Å². The van der Waals surface area contributed by atoms with E-state index >= 15 is 0 Å². The van der Waals surface area contributed by atoms with E-state index in [1.54, 1.807) is 13.8 Å². The average molecular weight is 321 g/mol. The van der Waals surface area contributed by atoms with Crippen molar-refractivity contribution < 1.29 is 13.2 Å². The highest BCUT2D eigenvalue weighted by atomic mass is 32.2. The van der Waals surface area contributed by atoms with Crippen molar-refractivity contribution in [1.29, 1.82) is 0 Å². The first kappa shape index (κ1) is 16.7. The molecule has 1 saturated heterocycles. The van der Waals surface area contributed by atoms with Gasteiger partial charge in [-0.1, -0.05) is 0 Å². The summed E-state index contributed by atoms with van der Waals surface area (Å²) in [5, 5.41) is 7.60. The van der Waals surface area contributed by atoms with Crippen LogP contribution in [0.2, 0.25) is 0 Å². The van der Waals surface area contributed by atoms with Crippen molar-refractivity contribution in [3.63, 3.8) is 0 Å². The van der Waals surface area contributed by atoms with E-state index in [9.17, 15) is 13.2 Å². The largest absolute Gasteiger partial charge is 0.408 e. The Balaban J connectivity index is 2.11. The molecule has 21 heavy (non-hydrogen) atoms. The van der Waals surface area contributed by atoms with E-state index < -0.39 is 12.7 Å². The maximum absolute atomic E-state index is 12.6. The van der Waals surface area contributed by atoms with Crippen molar-refractivity contribution in [2.45, 2.75) is 58.4 Å². The van der Waals surface area contributed by atoms with E-state index in [0.29, 0.717) is 17.4 Å². The number of aryl methyl sites for hydroxylation is 1.